The summed E-state index contributed by atoms with van der Waals surface area (Å²) in [6.07, 6.45) is 0.206. The largest absolute Gasteiger partial charge is 2.00 e. The molecule has 3 nitrogen and oxygen atoms in total. The van der Waals surface area contributed by atoms with Crippen LogP contribution in [0.3, 0.4) is 0 Å². The van der Waals surface area contributed by atoms with Crippen LogP contribution in [0.15, 0.2) is 0 Å². The van der Waals surface area contributed by atoms with Crippen molar-refractivity contribution in [2.75, 3.05) is 6.16 Å². The summed E-state index contributed by atoms with van der Waals surface area (Å²) in [5.74, 6) is 0. The van der Waals surface area contributed by atoms with Gasteiger partial charge in [-0.3, -0.25) is 0 Å². The third kappa shape index (κ3) is 10.2. The summed E-state index contributed by atoms with van der Waals surface area (Å²) in [5.41, 5.74) is 0. The van der Waals surface area contributed by atoms with Gasteiger partial charge in [-0.05, 0) is 6.42 Å². The zero-order valence-corrected chi connectivity index (χ0v) is 8.33. The Hall–Kier alpha value is 1.11. The Morgan fingerprint density at radius 1 is 1.25 bits per heavy atom. The third-order valence-electron chi connectivity index (χ3n) is 0.497. The minimum Gasteiger partial charge on any atom is -0.688 e. The van der Waals surface area contributed by atoms with Gasteiger partial charge in [0.15, 0.2) is 0 Å². The molecule has 0 N–H and O–H groups in total. The van der Waals surface area contributed by atoms with Gasteiger partial charge in [-0.25, -0.2) is 0 Å². The fourth-order valence-electron chi connectivity index (χ4n) is 0.274. The molecule has 5 heteroatoms. The summed E-state index contributed by atoms with van der Waals surface area (Å²) in [4.78, 5) is 29.1. The molecule has 0 saturated heterocycles. The molecule has 0 rings (SSSR count). The molecule has 0 aromatic carbocycles. The van der Waals surface area contributed by atoms with E-state index >= 15 is 0 Å². The summed E-state index contributed by atoms with van der Waals surface area (Å²) in [6.45, 7) is 1.66. The minimum atomic E-state index is -4.17. The van der Waals surface area contributed by atoms with E-state index in [-0.39, 0.29) is 30.1 Å². The topological polar surface area (TPSA) is 69.2 Å². The van der Waals surface area contributed by atoms with E-state index in [1.54, 1.807) is 6.92 Å². The summed E-state index contributed by atoms with van der Waals surface area (Å²) in [7, 11) is -4.17. The summed E-state index contributed by atoms with van der Waals surface area (Å²) >= 11 is 0. The molecular formula is C3H7O3PSn. The zero-order chi connectivity index (χ0) is 5.91. The van der Waals surface area contributed by atoms with Crippen molar-refractivity contribution < 1.29 is 14.7 Å². The SMILES string of the molecule is CCC[P+]([O-])([O-])[O-].[Sn+2]. The Kier molecular flexibility index (Phi) is 7.32. The van der Waals surface area contributed by atoms with Crippen LogP contribution in [0.25, 0.3) is 0 Å². The number of rotatable bonds is 2. The molecule has 46 valence electrons. The molecule has 0 fully saturated rings. The van der Waals surface area contributed by atoms with Crippen molar-refractivity contribution in [3.63, 3.8) is 0 Å². The molecule has 8 heavy (non-hydrogen) atoms. The van der Waals surface area contributed by atoms with Gasteiger partial charge in [-0.15, -0.1) is 0 Å². The standard InChI is InChI=1S/C3H9O3P.Sn/c1-2-3-7(4,5)6;/h2-3H2,1H3,(H2,4,5,6);/q;+2/p-2. The van der Waals surface area contributed by atoms with Gasteiger partial charge < -0.3 is 14.7 Å². The predicted octanol–water partition coefficient (Wildman–Crippen LogP) is -2.14. The van der Waals surface area contributed by atoms with Crippen LogP contribution in [-0.2, 0) is 0 Å². The van der Waals surface area contributed by atoms with Crippen LogP contribution in [0.2, 0.25) is 0 Å². The van der Waals surface area contributed by atoms with Crippen molar-refractivity contribution in [1.29, 1.82) is 0 Å². The smallest absolute Gasteiger partial charge is 0.688 e. The fraction of sp³-hybridized carbons (Fsp3) is 1.00. The van der Waals surface area contributed by atoms with E-state index in [4.69, 9.17) is 0 Å². The molecule has 0 atom stereocenters. The Morgan fingerprint density at radius 3 is 1.62 bits per heavy atom. The van der Waals surface area contributed by atoms with Crippen molar-refractivity contribution in [2.45, 2.75) is 13.3 Å². The Bertz CT molecular complexity index is 53.0. The van der Waals surface area contributed by atoms with Crippen molar-refractivity contribution in [1.82, 2.24) is 0 Å². The van der Waals surface area contributed by atoms with Gasteiger partial charge in [0.1, 0.15) is 0 Å². The molecular weight excluding hydrogens is 234 g/mol. The van der Waals surface area contributed by atoms with Gasteiger partial charge in [0, 0.05) is 6.16 Å². The van der Waals surface area contributed by atoms with Gasteiger partial charge in [0.05, 0.1) is 0 Å². The molecule has 0 aliphatic rings. The Balaban J connectivity index is 0. The van der Waals surface area contributed by atoms with Crippen LogP contribution in [-0.4, -0.2) is 30.1 Å². The molecule has 0 bridgehead atoms. The van der Waals surface area contributed by atoms with Crippen molar-refractivity contribution >= 4 is 31.9 Å². The van der Waals surface area contributed by atoms with Crippen molar-refractivity contribution in [2.24, 2.45) is 0 Å². The summed E-state index contributed by atoms with van der Waals surface area (Å²) < 4.78 is 0. The maximum Gasteiger partial charge on any atom is 2.00 e. The molecule has 0 aromatic rings. The molecule has 0 unspecified atom stereocenters. The third-order valence-corrected chi connectivity index (χ3v) is 1.49. The van der Waals surface area contributed by atoms with E-state index in [1.807, 2.05) is 0 Å². The first-order chi connectivity index (χ1) is 3.06. The molecule has 0 aromatic heterocycles. The number of hydrogen-bond acceptors (Lipinski definition) is 3. The molecule has 0 amide bonds. The molecule has 0 spiro atoms. The first kappa shape index (κ1) is 11.9. The summed E-state index contributed by atoms with van der Waals surface area (Å²) in [5, 5.41) is 0. The van der Waals surface area contributed by atoms with Crippen LogP contribution in [0, 0.1) is 0 Å². The van der Waals surface area contributed by atoms with Crippen LogP contribution >= 0.6 is 7.94 Å². The second-order valence-corrected chi connectivity index (χ2v) is 3.00. The average Bonchev–Trinajstić information content (AvgIpc) is 1.30. The van der Waals surface area contributed by atoms with Crippen LogP contribution in [0.5, 0.6) is 0 Å². The van der Waals surface area contributed by atoms with E-state index in [2.05, 4.69) is 0 Å². The molecule has 0 aliphatic heterocycles. The van der Waals surface area contributed by atoms with Gasteiger partial charge in [0.25, 0.3) is 0 Å². The van der Waals surface area contributed by atoms with E-state index in [1.165, 1.54) is 0 Å². The first-order valence-electron chi connectivity index (χ1n) is 2.07. The summed E-state index contributed by atoms with van der Waals surface area (Å²) in [6, 6.07) is 0. The number of hydrogen-bond donors (Lipinski definition) is 0. The Morgan fingerprint density at radius 2 is 1.62 bits per heavy atom. The Labute approximate surface area is 66.3 Å². The van der Waals surface area contributed by atoms with E-state index in [0.717, 1.165) is 0 Å². The van der Waals surface area contributed by atoms with Gasteiger partial charge >= 0.3 is 23.9 Å². The predicted molar refractivity (Wildman–Crippen MR) is 27.8 cm³/mol. The van der Waals surface area contributed by atoms with Gasteiger partial charge in [-0.2, -0.15) is 7.94 Å². The molecule has 0 aliphatic carbocycles. The first-order valence-corrected chi connectivity index (χ1v) is 3.80. The van der Waals surface area contributed by atoms with Crippen molar-refractivity contribution in [3.05, 3.63) is 0 Å². The van der Waals surface area contributed by atoms with E-state index < -0.39 is 7.94 Å². The zero-order valence-electron chi connectivity index (χ0n) is 4.59. The second-order valence-electron chi connectivity index (χ2n) is 1.33. The van der Waals surface area contributed by atoms with Gasteiger partial charge in [0.2, 0.25) is 0 Å². The monoisotopic (exact) mass is 242 g/mol. The fourth-order valence-corrected chi connectivity index (χ4v) is 0.822. The maximum absolute atomic E-state index is 9.70. The quantitative estimate of drug-likeness (QED) is 0.409. The van der Waals surface area contributed by atoms with Crippen LogP contribution in [0.1, 0.15) is 13.3 Å². The minimum absolute atomic E-state index is 0. The van der Waals surface area contributed by atoms with Gasteiger partial charge in [-0.1, -0.05) is 6.92 Å². The normalized spacial score (nSPS) is 10.5. The van der Waals surface area contributed by atoms with E-state index in [9.17, 15) is 14.7 Å². The average molecular weight is 241 g/mol. The van der Waals surface area contributed by atoms with Crippen LogP contribution < -0.4 is 14.7 Å². The van der Waals surface area contributed by atoms with E-state index in [0.29, 0.717) is 6.42 Å². The maximum atomic E-state index is 9.70. The second kappa shape index (κ2) is 4.94. The molecule has 2 radical (unpaired) electrons. The molecule has 0 heterocycles. The van der Waals surface area contributed by atoms with Crippen molar-refractivity contribution in [3.8, 4) is 0 Å². The van der Waals surface area contributed by atoms with Crippen LogP contribution in [0.4, 0.5) is 0 Å². The molecule has 0 saturated carbocycles.